The van der Waals surface area contributed by atoms with E-state index in [4.69, 9.17) is 0 Å². The van der Waals surface area contributed by atoms with Gasteiger partial charge in [0.05, 0.1) is 0 Å². The molecule has 0 aliphatic heterocycles. The van der Waals surface area contributed by atoms with Crippen molar-refractivity contribution in [3.8, 4) is 0 Å². The van der Waals surface area contributed by atoms with Gasteiger partial charge in [-0.15, -0.1) is 0 Å². The van der Waals surface area contributed by atoms with Crippen LogP contribution in [-0.4, -0.2) is 16.5 Å². The maximum Gasteiger partial charge on any atom is 0.250 e. The van der Waals surface area contributed by atoms with E-state index in [0.29, 0.717) is 0 Å². The highest BCUT2D eigenvalue weighted by Crippen LogP contribution is 1.94. The number of hydrogen-bond donors (Lipinski definition) is 1. The van der Waals surface area contributed by atoms with Gasteiger partial charge in [-0.3, -0.25) is 9.59 Å². The molecule has 4 heteroatoms. The van der Waals surface area contributed by atoms with Crippen LogP contribution in [0.5, 0.6) is 0 Å². The van der Waals surface area contributed by atoms with E-state index in [1.54, 1.807) is 18.3 Å². The SMILES string of the molecule is CCCC(C)NC(=O)Cn1ccccc1=O. The Hall–Kier alpha value is -1.58. The van der Waals surface area contributed by atoms with Gasteiger partial charge in [0.15, 0.2) is 0 Å². The second kappa shape index (κ2) is 6.10. The molecule has 88 valence electrons. The maximum atomic E-state index is 11.6. The van der Waals surface area contributed by atoms with Crippen LogP contribution in [0.15, 0.2) is 29.2 Å². The topological polar surface area (TPSA) is 51.1 Å². The molecule has 0 aliphatic carbocycles. The largest absolute Gasteiger partial charge is 0.352 e. The minimum atomic E-state index is -0.152. The van der Waals surface area contributed by atoms with E-state index in [2.05, 4.69) is 12.2 Å². The Labute approximate surface area is 95.3 Å². The predicted molar refractivity (Wildman–Crippen MR) is 63.2 cm³/mol. The van der Waals surface area contributed by atoms with E-state index in [-0.39, 0.29) is 24.1 Å². The Balaban J connectivity index is 2.52. The Kier molecular flexibility index (Phi) is 4.76. The zero-order valence-corrected chi connectivity index (χ0v) is 9.77. The second-order valence-corrected chi connectivity index (χ2v) is 3.92. The zero-order chi connectivity index (χ0) is 12.0. The smallest absolute Gasteiger partial charge is 0.250 e. The van der Waals surface area contributed by atoms with Crippen LogP contribution >= 0.6 is 0 Å². The predicted octanol–water partition coefficient (Wildman–Crippen LogP) is 1.15. The second-order valence-electron chi connectivity index (χ2n) is 3.92. The molecule has 0 fully saturated rings. The van der Waals surface area contributed by atoms with E-state index in [1.165, 1.54) is 10.6 Å². The summed E-state index contributed by atoms with van der Waals surface area (Å²) in [4.78, 5) is 22.9. The zero-order valence-electron chi connectivity index (χ0n) is 9.77. The van der Waals surface area contributed by atoms with Gasteiger partial charge in [-0.05, 0) is 19.4 Å². The molecule has 1 aromatic heterocycles. The monoisotopic (exact) mass is 222 g/mol. The number of aromatic nitrogens is 1. The molecule has 0 bridgehead atoms. The minimum absolute atomic E-state index is 0.0910. The van der Waals surface area contributed by atoms with Crippen molar-refractivity contribution in [1.82, 2.24) is 9.88 Å². The number of amides is 1. The third kappa shape index (κ3) is 3.88. The van der Waals surface area contributed by atoms with Crippen LogP contribution in [0.25, 0.3) is 0 Å². The van der Waals surface area contributed by atoms with Crippen LogP contribution in [-0.2, 0) is 11.3 Å². The summed E-state index contributed by atoms with van der Waals surface area (Å²) in [7, 11) is 0. The number of nitrogens with zero attached hydrogens (tertiary/aromatic N) is 1. The Morgan fingerprint density at radius 3 is 2.88 bits per heavy atom. The summed E-state index contributed by atoms with van der Waals surface area (Å²) in [6.07, 6.45) is 3.61. The molecule has 1 amide bonds. The van der Waals surface area contributed by atoms with Crippen LogP contribution in [0.4, 0.5) is 0 Å². The van der Waals surface area contributed by atoms with Crippen LogP contribution in [0, 0.1) is 0 Å². The van der Waals surface area contributed by atoms with Crippen molar-refractivity contribution in [2.45, 2.75) is 39.3 Å². The first kappa shape index (κ1) is 12.5. The highest BCUT2D eigenvalue weighted by molar-refractivity contribution is 5.75. The molecular formula is C12H18N2O2. The molecule has 1 N–H and O–H groups in total. The summed E-state index contributed by atoms with van der Waals surface area (Å²) in [6.45, 7) is 4.13. The van der Waals surface area contributed by atoms with Crippen LogP contribution < -0.4 is 10.9 Å². The Morgan fingerprint density at radius 2 is 2.25 bits per heavy atom. The summed E-state index contributed by atoms with van der Waals surface area (Å²) in [5.74, 6) is -0.116. The van der Waals surface area contributed by atoms with Crippen molar-refractivity contribution in [3.63, 3.8) is 0 Å². The first-order chi connectivity index (χ1) is 7.63. The number of rotatable bonds is 5. The van der Waals surface area contributed by atoms with Gasteiger partial charge < -0.3 is 9.88 Å². The van der Waals surface area contributed by atoms with Gasteiger partial charge in [0.25, 0.3) is 5.56 Å². The number of carbonyl (C=O) groups is 1. The Bertz CT molecular complexity index is 398. The fourth-order valence-electron chi connectivity index (χ4n) is 1.57. The lowest BCUT2D eigenvalue weighted by molar-refractivity contribution is -0.122. The van der Waals surface area contributed by atoms with E-state index in [9.17, 15) is 9.59 Å². The van der Waals surface area contributed by atoms with Gasteiger partial charge in [0.2, 0.25) is 5.91 Å². The minimum Gasteiger partial charge on any atom is -0.352 e. The molecule has 0 aromatic carbocycles. The lowest BCUT2D eigenvalue weighted by Crippen LogP contribution is -2.37. The first-order valence-electron chi connectivity index (χ1n) is 5.58. The van der Waals surface area contributed by atoms with Crippen molar-refractivity contribution in [2.24, 2.45) is 0 Å². The van der Waals surface area contributed by atoms with E-state index in [0.717, 1.165) is 12.8 Å². The third-order valence-electron chi connectivity index (χ3n) is 2.34. The van der Waals surface area contributed by atoms with Crippen LogP contribution in [0.3, 0.4) is 0 Å². The van der Waals surface area contributed by atoms with Gasteiger partial charge in [-0.1, -0.05) is 19.4 Å². The quantitative estimate of drug-likeness (QED) is 0.812. The third-order valence-corrected chi connectivity index (χ3v) is 2.34. The van der Waals surface area contributed by atoms with Crippen molar-refractivity contribution in [1.29, 1.82) is 0 Å². The fourth-order valence-corrected chi connectivity index (χ4v) is 1.57. The summed E-state index contributed by atoms with van der Waals surface area (Å²) >= 11 is 0. The Morgan fingerprint density at radius 1 is 1.50 bits per heavy atom. The highest BCUT2D eigenvalue weighted by Gasteiger charge is 2.07. The normalized spacial score (nSPS) is 12.1. The fraction of sp³-hybridized carbons (Fsp3) is 0.500. The van der Waals surface area contributed by atoms with Gasteiger partial charge in [-0.25, -0.2) is 0 Å². The molecule has 0 saturated carbocycles. The molecule has 1 rings (SSSR count). The van der Waals surface area contributed by atoms with Gasteiger partial charge in [0.1, 0.15) is 6.54 Å². The van der Waals surface area contributed by atoms with Crippen LogP contribution in [0.1, 0.15) is 26.7 Å². The summed E-state index contributed by atoms with van der Waals surface area (Å²) in [5, 5.41) is 2.86. The number of carbonyl (C=O) groups excluding carboxylic acids is 1. The molecule has 0 radical (unpaired) electrons. The van der Waals surface area contributed by atoms with E-state index in [1.807, 2.05) is 6.92 Å². The molecular weight excluding hydrogens is 204 g/mol. The van der Waals surface area contributed by atoms with Gasteiger partial charge in [0, 0.05) is 18.3 Å². The molecule has 0 saturated heterocycles. The standard InChI is InChI=1S/C12H18N2O2/c1-3-6-10(2)13-11(15)9-14-8-5-4-7-12(14)16/h4-5,7-8,10H,3,6,9H2,1-2H3,(H,13,15). The van der Waals surface area contributed by atoms with Gasteiger partial charge in [-0.2, -0.15) is 0 Å². The molecule has 0 spiro atoms. The van der Waals surface area contributed by atoms with E-state index >= 15 is 0 Å². The summed E-state index contributed by atoms with van der Waals surface area (Å²) in [5.41, 5.74) is -0.152. The maximum absolute atomic E-state index is 11.6. The summed E-state index contributed by atoms with van der Waals surface area (Å²) < 4.78 is 1.40. The summed E-state index contributed by atoms with van der Waals surface area (Å²) in [6, 6.07) is 5.01. The highest BCUT2D eigenvalue weighted by atomic mass is 16.2. The van der Waals surface area contributed by atoms with Crippen molar-refractivity contribution in [2.75, 3.05) is 0 Å². The molecule has 1 atom stereocenters. The van der Waals surface area contributed by atoms with Crippen molar-refractivity contribution >= 4 is 5.91 Å². The molecule has 0 aliphatic rings. The van der Waals surface area contributed by atoms with E-state index < -0.39 is 0 Å². The van der Waals surface area contributed by atoms with Gasteiger partial charge >= 0.3 is 0 Å². The van der Waals surface area contributed by atoms with Crippen molar-refractivity contribution < 1.29 is 4.79 Å². The molecule has 1 heterocycles. The number of hydrogen-bond acceptors (Lipinski definition) is 2. The average Bonchev–Trinajstić information content (AvgIpc) is 2.21. The average molecular weight is 222 g/mol. The lowest BCUT2D eigenvalue weighted by atomic mass is 10.2. The lowest BCUT2D eigenvalue weighted by Gasteiger charge is -2.13. The number of pyridine rings is 1. The first-order valence-corrected chi connectivity index (χ1v) is 5.58. The number of nitrogens with one attached hydrogen (secondary N) is 1. The molecule has 16 heavy (non-hydrogen) atoms. The van der Waals surface area contributed by atoms with Crippen LogP contribution in [0.2, 0.25) is 0 Å². The van der Waals surface area contributed by atoms with Crippen molar-refractivity contribution in [3.05, 3.63) is 34.7 Å². The molecule has 4 nitrogen and oxygen atoms in total. The molecule has 1 aromatic rings. The molecule has 1 unspecified atom stereocenters.